The van der Waals surface area contributed by atoms with Crippen LogP contribution >= 0.6 is 0 Å². The van der Waals surface area contributed by atoms with E-state index in [9.17, 15) is 4.39 Å². The number of anilines is 1. The zero-order valence-electron chi connectivity index (χ0n) is 6.04. The Morgan fingerprint density at radius 3 is 3.00 bits per heavy atom. The first-order valence-electron chi connectivity index (χ1n) is 3.15. The first-order chi connectivity index (χ1) is 5.24. The van der Waals surface area contributed by atoms with Crippen LogP contribution < -0.4 is 10.5 Å². The average molecular weight is 157 g/mol. The van der Waals surface area contributed by atoms with Crippen LogP contribution in [0.15, 0.2) is 6.20 Å². The smallest absolute Gasteiger partial charge is 0.318 e. The van der Waals surface area contributed by atoms with E-state index in [1.807, 2.05) is 0 Å². The molecule has 0 unspecified atom stereocenters. The Morgan fingerprint density at radius 1 is 1.73 bits per heavy atom. The van der Waals surface area contributed by atoms with Crippen LogP contribution in [0.4, 0.5) is 10.2 Å². The Balaban J connectivity index is 2.86. The maximum absolute atomic E-state index is 12.4. The predicted octanol–water partition coefficient (Wildman–Crippen LogP) is 0.597. The summed E-state index contributed by atoms with van der Waals surface area (Å²) in [6.07, 6.45) is 0.979. The largest absolute Gasteiger partial charge is 0.464 e. The van der Waals surface area contributed by atoms with Crippen LogP contribution in [0.1, 0.15) is 6.92 Å². The van der Waals surface area contributed by atoms with Crippen LogP contribution in [0.25, 0.3) is 0 Å². The highest BCUT2D eigenvalue weighted by Crippen LogP contribution is 2.08. The quantitative estimate of drug-likeness (QED) is 0.682. The number of nitrogen functional groups attached to an aromatic ring is 1. The highest BCUT2D eigenvalue weighted by Gasteiger charge is 2.01. The second-order valence-corrected chi connectivity index (χ2v) is 1.82. The van der Waals surface area contributed by atoms with Crippen molar-refractivity contribution < 1.29 is 9.13 Å². The Bertz CT molecular complexity index is 254. The van der Waals surface area contributed by atoms with Crippen LogP contribution in [0.2, 0.25) is 0 Å². The van der Waals surface area contributed by atoms with Crippen LogP contribution in [-0.2, 0) is 0 Å². The number of halogens is 1. The molecule has 60 valence electrons. The number of nitrogens with two attached hydrogens (primary N) is 1. The number of hydrogen-bond donors (Lipinski definition) is 1. The summed E-state index contributed by atoms with van der Waals surface area (Å²) in [5.74, 6) is -0.822. The van der Waals surface area contributed by atoms with E-state index in [4.69, 9.17) is 10.5 Å². The van der Waals surface area contributed by atoms with Gasteiger partial charge in [0.15, 0.2) is 11.6 Å². The summed E-state index contributed by atoms with van der Waals surface area (Å²) in [7, 11) is 0. The molecule has 1 aromatic heterocycles. The minimum absolute atomic E-state index is 0.103. The van der Waals surface area contributed by atoms with Crippen molar-refractivity contribution >= 4 is 5.82 Å². The van der Waals surface area contributed by atoms with E-state index in [1.165, 1.54) is 0 Å². The molecule has 1 heterocycles. The summed E-state index contributed by atoms with van der Waals surface area (Å²) in [5.41, 5.74) is 5.14. The third kappa shape index (κ3) is 1.76. The molecule has 0 aliphatic heterocycles. The number of nitrogens with zero attached hydrogens (tertiary/aromatic N) is 2. The fourth-order valence-electron chi connectivity index (χ4n) is 0.562. The van der Waals surface area contributed by atoms with Crippen molar-refractivity contribution in [1.29, 1.82) is 0 Å². The molecular formula is C6H8FN3O. The average Bonchev–Trinajstić information content (AvgIpc) is 1.98. The summed E-state index contributed by atoms with van der Waals surface area (Å²) in [6, 6.07) is 0.103. The molecular weight excluding hydrogens is 149 g/mol. The predicted molar refractivity (Wildman–Crippen MR) is 37.6 cm³/mol. The first kappa shape index (κ1) is 7.71. The van der Waals surface area contributed by atoms with Gasteiger partial charge in [-0.25, -0.2) is 9.37 Å². The molecule has 0 radical (unpaired) electrons. The SMILES string of the molecule is CCOc1ncc(F)c(N)n1. The van der Waals surface area contributed by atoms with Gasteiger partial charge in [0.05, 0.1) is 12.8 Å². The zero-order chi connectivity index (χ0) is 8.27. The third-order valence-electron chi connectivity index (χ3n) is 1.02. The molecule has 11 heavy (non-hydrogen) atoms. The van der Waals surface area contributed by atoms with Crippen molar-refractivity contribution in [2.45, 2.75) is 6.92 Å². The van der Waals surface area contributed by atoms with Gasteiger partial charge in [0.2, 0.25) is 0 Å². The summed E-state index contributed by atoms with van der Waals surface area (Å²) in [6.45, 7) is 2.22. The highest BCUT2D eigenvalue weighted by atomic mass is 19.1. The molecule has 0 fully saturated rings. The molecule has 1 rings (SSSR count). The highest BCUT2D eigenvalue weighted by molar-refractivity contribution is 5.28. The summed E-state index contributed by atoms with van der Waals surface area (Å²) < 4.78 is 17.3. The van der Waals surface area contributed by atoms with Crippen LogP contribution in [-0.4, -0.2) is 16.6 Å². The maximum Gasteiger partial charge on any atom is 0.318 e. The van der Waals surface area contributed by atoms with Crippen molar-refractivity contribution in [1.82, 2.24) is 9.97 Å². The van der Waals surface area contributed by atoms with Crippen molar-refractivity contribution in [3.63, 3.8) is 0 Å². The van der Waals surface area contributed by atoms with E-state index in [1.54, 1.807) is 6.92 Å². The molecule has 0 spiro atoms. The van der Waals surface area contributed by atoms with Crippen molar-refractivity contribution in [2.24, 2.45) is 0 Å². The molecule has 0 saturated carbocycles. The monoisotopic (exact) mass is 157 g/mol. The Labute approximate surface area is 63.2 Å². The lowest BCUT2D eigenvalue weighted by Crippen LogP contribution is -2.02. The summed E-state index contributed by atoms with van der Waals surface area (Å²) in [5, 5.41) is 0. The van der Waals surface area contributed by atoms with E-state index in [0.717, 1.165) is 6.20 Å². The van der Waals surface area contributed by atoms with E-state index in [-0.39, 0.29) is 11.8 Å². The number of aromatic nitrogens is 2. The van der Waals surface area contributed by atoms with Gasteiger partial charge in [-0.2, -0.15) is 4.98 Å². The lowest BCUT2D eigenvalue weighted by molar-refractivity contribution is 0.311. The molecule has 0 bridgehead atoms. The summed E-state index contributed by atoms with van der Waals surface area (Å²) in [4.78, 5) is 7.07. The van der Waals surface area contributed by atoms with Gasteiger partial charge >= 0.3 is 6.01 Å². The van der Waals surface area contributed by atoms with Crippen molar-refractivity contribution in [3.8, 4) is 6.01 Å². The normalized spacial score (nSPS) is 9.64. The number of hydrogen-bond acceptors (Lipinski definition) is 4. The maximum atomic E-state index is 12.4. The fraction of sp³-hybridized carbons (Fsp3) is 0.333. The van der Waals surface area contributed by atoms with Gasteiger partial charge in [0, 0.05) is 0 Å². The van der Waals surface area contributed by atoms with Crippen molar-refractivity contribution in [2.75, 3.05) is 12.3 Å². The third-order valence-corrected chi connectivity index (χ3v) is 1.02. The fourth-order valence-corrected chi connectivity index (χ4v) is 0.562. The number of ether oxygens (including phenoxy) is 1. The molecule has 0 aliphatic carbocycles. The molecule has 0 saturated heterocycles. The molecule has 0 aliphatic rings. The first-order valence-corrected chi connectivity index (χ1v) is 3.15. The van der Waals surface area contributed by atoms with Crippen LogP contribution in [0.5, 0.6) is 6.01 Å². The number of rotatable bonds is 2. The topological polar surface area (TPSA) is 61.0 Å². The van der Waals surface area contributed by atoms with Crippen LogP contribution in [0, 0.1) is 5.82 Å². The minimum atomic E-state index is -0.631. The molecule has 2 N–H and O–H groups in total. The Morgan fingerprint density at radius 2 is 2.45 bits per heavy atom. The van der Waals surface area contributed by atoms with E-state index in [2.05, 4.69) is 9.97 Å². The van der Waals surface area contributed by atoms with E-state index in [0.29, 0.717) is 6.61 Å². The summed E-state index contributed by atoms with van der Waals surface area (Å²) >= 11 is 0. The standard InChI is InChI=1S/C6H8FN3O/c1-2-11-6-9-3-4(7)5(8)10-6/h3H,2H2,1H3,(H2,8,9,10). The molecule has 0 amide bonds. The van der Waals surface area contributed by atoms with Gasteiger partial charge < -0.3 is 10.5 Å². The van der Waals surface area contributed by atoms with Gasteiger partial charge in [-0.05, 0) is 6.92 Å². The Kier molecular flexibility index (Phi) is 2.20. The van der Waals surface area contributed by atoms with Gasteiger partial charge in [0.1, 0.15) is 0 Å². The lowest BCUT2D eigenvalue weighted by atomic mass is 10.6. The second-order valence-electron chi connectivity index (χ2n) is 1.82. The lowest BCUT2D eigenvalue weighted by Gasteiger charge is -2.00. The Hall–Kier alpha value is -1.39. The van der Waals surface area contributed by atoms with Crippen LogP contribution in [0.3, 0.4) is 0 Å². The molecule has 5 heteroatoms. The molecule has 0 atom stereocenters. The molecule has 0 aromatic carbocycles. The van der Waals surface area contributed by atoms with E-state index < -0.39 is 5.82 Å². The minimum Gasteiger partial charge on any atom is -0.464 e. The second kappa shape index (κ2) is 3.14. The van der Waals surface area contributed by atoms with Gasteiger partial charge in [0.25, 0.3) is 0 Å². The molecule has 1 aromatic rings. The van der Waals surface area contributed by atoms with Gasteiger partial charge in [-0.3, -0.25) is 0 Å². The van der Waals surface area contributed by atoms with Gasteiger partial charge in [-0.1, -0.05) is 0 Å². The van der Waals surface area contributed by atoms with E-state index >= 15 is 0 Å². The van der Waals surface area contributed by atoms with Gasteiger partial charge in [-0.15, -0.1) is 0 Å². The van der Waals surface area contributed by atoms with Crippen molar-refractivity contribution in [3.05, 3.63) is 12.0 Å². The zero-order valence-corrected chi connectivity index (χ0v) is 6.04. The molecule has 4 nitrogen and oxygen atoms in total.